The van der Waals surface area contributed by atoms with Crippen LogP contribution in [0.15, 0.2) is 60.7 Å². The van der Waals surface area contributed by atoms with E-state index in [4.69, 9.17) is 10.5 Å². The Kier molecular flexibility index (Phi) is 6.81. The third-order valence-electron chi connectivity index (χ3n) is 4.10. The molecule has 144 valence electrons. The minimum Gasteiger partial charge on any atom is -0.445 e. The van der Waals surface area contributed by atoms with E-state index in [2.05, 4.69) is 10.3 Å². The molecule has 5 nitrogen and oxygen atoms in total. The molecule has 3 aromatic rings. The van der Waals surface area contributed by atoms with Crippen molar-refractivity contribution in [1.82, 2.24) is 10.3 Å². The molecule has 0 bridgehead atoms. The van der Waals surface area contributed by atoms with E-state index in [-0.39, 0.29) is 6.61 Å². The van der Waals surface area contributed by atoms with Gasteiger partial charge in [0.2, 0.25) is 0 Å². The SMILES string of the molecule is Cc1sc(N)nc1-c1ccc(C=CCCNC(=O)OCc2ccccc2)cc1. The monoisotopic (exact) mass is 393 g/mol. The van der Waals surface area contributed by atoms with Crippen LogP contribution < -0.4 is 11.1 Å². The number of amides is 1. The number of carbonyl (C=O) groups is 1. The number of nitrogens with one attached hydrogen (secondary N) is 1. The second kappa shape index (κ2) is 9.71. The minimum atomic E-state index is -0.403. The van der Waals surface area contributed by atoms with Crippen molar-refractivity contribution in [2.75, 3.05) is 12.3 Å². The number of hydrogen-bond acceptors (Lipinski definition) is 5. The Labute approximate surface area is 168 Å². The third kappa shape index (κ3) is 5.69. The predicted molar refractivity (Wildman–Crippen MR) is 115 cm³/mol. The van der Waals surface area contributed by atoms with Crippen molar-refractivity contribution in [1.29, 1.82) is 0 Å². The highest BCUT2D eigenvalue weighted by molar-refractivity contribution is 7.15. The number of benzene rings is 2. The quantitative estimate of drug-likeness (QED) is 0.552. The van der Waals surface area contributed by atoms with Crippen molar-refractivity contribution >= 4 is 28.6 Å². The lowest BCUT2D eigenvalue weighted by molar-refractivity contribution is 0.140. The van der Waals surface area contributed by atoms with E-state index in [0.717, 1.165) is 33.7 Å². The number of carbonyl (C=O) groups excluding carboxylic acids is 1. The largest absolute Gasteiger partial charge is 0.445 e. The molecule has 1 aromatic heterocycles. The zero-order chi connectivity index (χ0) is 19.8. The van der Waals surface area contributed by atoms with E-state index < -0.39 is 6.09 Å². The molecule has 0 saturated heterocycles. The van der Waals surface area contributed by atoms with Gasteiger partial charge in [-0.2, -0.15) is 0 Å². The first-order chi connectivity index (χ1) is 13.6. The number of nitrogens with zero attached hydrogens (tertiary/aromatic N) is 1. The summed E-state index contributed by atoms with van der Waals surface area (Å²) in [5.41, 5.74) is 9.83. The lowest BCUT2D eigenvalue weighted by Crippen LogP contribution is -2.24. The Balaban J connectivity index is 1.40. The van der Waals surface area contributed by atoms with Gasteiger partial charge >= 0.3 is 6.09 Å². The summed E-state index contributed by atoms with van der Waals surface area (Å²) in [5, 5.41) is 3.34. The second-order valence-corrected chi connectivity index (χ2v) is 7.49. The van der Waals surface area contributed by atoms with Gasteiger partial charge in [-0.05, 0) is 24.5 Å². The molecule has 6 heteroatoms. The molecule has 0 radical (unpaired) electrons. The summed E-state index contributed by atoms with van der Waals surface area (Å²) in [6, 6.07) is 17.8. The minimum absolute atomic E-state index is 0.277. The Bertz CT molecular complexity index is 934. The van der Waals surface area contributed by atoms with Crippen molar-refractivity contribution in [2.45, 2.75) is 20.0 Å². The average Bonchev–Trinajstić information content (AvgIpc) is 3.05. The smallest absolute Gasteiger partial charge is 0.407 e. The molecule has 1 amide bonds. The van der Waals surface area contributed by atoms with E-state index in [1.807, 2.05) is 73.7 Å². The molecule has 0 aliphatic rings. The average molecular weight is 394 g/mol. The molecule has 3 N–H and O–H groups in total. The molecular formula is C22H23N3O2S. The summed E-state index contributed by atoms with van der Waals surface area (Å²) >= 11 is 1.50. The van der Waals surface area contributed by atoms with E-state index in [0.29, 0.717) is 11.7 Å². The first-order valence-corrected chi connectivity index (χ1v) is 9.88. The van der Waals surface area contributed by atoms with Crippen molar-refractivity contribution < 1.29 is 9.53 Å². The molecule has 28 heavy (non-hydrogen) atoms. The molecule has 0 fully saturated rings. The fourth-order valence-corrected chi connectivity index (χ4v) is 3.40. The number of nitrogen functional groups attached to an aromatic ring is 1. The normalized spacial score (nSPS) is 10.9. The van der Waals surface area contributed by atoms with Crippen molar-refractivity contribution in [3.8, 4) is 11.3 Å². The summed E-state index contributed by atoms with van der Waals surface area (Å²) in [7, 11) is 0. The van der Waals surface area contributed by atoms with Crippen LogP contribution in [0.5, 0.6) is 0 Å². The van der Waals surface area contributed by atoms with Gasteiger partial charge < -0.3 is 15.8 Å². The highest BCUT2D eigenvalue weighted by atomic mass is 32.1. The number of hydrogen-bond donors (Lipinski definition) is 2. The van der Waals surface area contributed by atoms with E-state index >= 15 is 0 Å². The number of nitrogens with two attached hydrogens (primary N) is 1. The van der Waals surface area contributed by atoms with Gasteiger partial charge in [-0.25, -0.2) is 9.78 Å². The van der Waals surface area contributed by atoms with Crippen LogP contribution in [0.25, 0.3) is 17.3 Å². The number of aromatic nitrogens is 1. The first kappa shape index (κ1) is 19.6. The van der Waals surface area contributed by atoms with Crippen LogP contribution in [0.2, 0.25) is 0 Å². The molecule has 3 rings (SSSR count). The number of ether oxygens (including phenoxy) is 1. The summed E-state index contributed by atoms with van der Waals surface area (Å²) in [6.07, 6.45) is 4.38. The molecular weight excluding hydrogens is 370 g/mol. The Morgan fingerprint density at radius 2 is 1.93 bits per heavy atom. The molecule has 0 spiro atoms. The summed E-state index contributed by atoms with van der Waals surface area (Å²) in [6.45, 7) is 2.83. The maximum Gasteiger partial charge on any atom is 0.407 e. The van der Waals surface area contributed by atoms with Crippen LogP contribution in [0.4, 0.5) is 9.93 Å². The van der Waals surface area contributed by atoms with Crippen LogP contribution in [0.1, 0.15) is 22.4 Å². The van der Waals surface area contributed by atoms with Crippen LogP contribution in [-0.4, -0.2) is 17.6 Å². The van der Waals surface area contributed by atoms with Crippen LogP contribution >= 0.6 is 11.3 Å². The van der Waals surface area contributed by atoms with Gasteiger partial charge in [-0.3, -0.25) is 0 Å². The third-order valence-corrected chi connectivity index (χ3v) is 4.90. The molecule has 0 unspecified atom stereocenters. The van der Waals surface area contributed by atoms with Gasteiger partial charge in [0, 0.05) is 17.0 Å². The predicted octanol–water partition coefficient (Wildman–Crippen LogP) is 5.03. The Morgan fingerprint density at radius 1 is 1.18 bits per heavy atom. The van der Waals surface area contributed by atoms with Crippen molar-refractivity contribution in [3.05, 3.63) is 76.7 Å². The zero-order valence-corrected chi connectivity index (χ0v) is 16.5. The number of alkyl carbamates (subject to hydrolysis) is 1. The van der Waals surface area contributed by atoms with Gasteiger partial charge in [-0.15, -0.1) is 11.3 Å². The maximum absolute atomic E-state index is 11.7. The zero-order valence-electron chi connectivity index (χ0n) is 15.7. The first-order valence-electron chi connectivity index (χ1n) is 9.06. The van der Waals surface area contributed by atoms with E-state index in [1.165, 1.54) is 11.3 Å². The van der Waals surface area contributed by atoms with Gasteiger partial charge in [0.15, 0.2) is 5.13 Å². The summed E-state index contributed by atoms with van der Waals surface area (Å²) < 4.78 is 5.17. The lowest BCUT2D eigenvalue weighted by atomic mass is 10.1. The standard InChI is InChI=1S/C22H23N3O2S/c1-16-20(25-21(23)28-16)19-12-10-17(11-13-19)7-5-6-14-24-22(26)27-15-18-8-3-2-4-9-18/h2-5,7-13H,6,14-15H2,1H3,(H2,23,25)(H,24,26). The van der Waals surface area contributed by atoms with Crippen molar-refractivity contribution in [3.63, 3.8) is 0 Å². The summed E-state index contributed by atoms with van der Waals surface area (Å²) in [5.74, 6) is 0. The topological polar surface area (TPSA) is 77.2 Å². The molecule has 0 atom stereocenters. The molecule has 0 aliphatic carbocycles. The van der Waals surface area contributed by atoms with E-state index in [9.17, 15) is 4.79 Å². The van der Waals surface area contributed by atoms with Crippen LogP contribution in [-0.2, 0) is 11.3 Å². The lowest BCUT2D eigenvalue weighted by Gasteiger charge is -2.05. The number of anilines is 1. The molecule has 0 aliphatic heterocycles. The number of rotatable bonds is 7. The highest BCUT2D eigenvalue weighted by Gasteiger charge is 2.07. The Hall–Kier alpha value is -3.12. The molecule has 0 saturated carbocycles. The van der Waals surface area contributed by atoms with Gasteiger partial charge in [0.1, 0.15) is 6.61 Å². The highest BCUT2D eigenvalue weighted by Crippen LogP contribution is 2.28. The number of aryl methyl sites for hydroxylation is 1. The molecule has 1 heterocycles. The van der Waals surface area contributed by atoms with Crippen LogP contribution in [0, 0.1) is 6.92 Å². The van der Waals surface area contributed by atoms with Gasteiger partial charge in [0.05, 0.1) is 5.69 Å². The molecule has 2 aromatic carbocycles. The van der Waals surface area contributed by atoms with Crippen LogP contribution in [0.3, 0.4) is 0 Å². The second-order valence-electron chi connectivity index (χ2n) is 6.26. The maximum atomic E-state index is 11.7. The van der Waals surface area contributed by atoms with E-state index in [1.54, 1.807) is 0 Å². The van der Waals surface area contributed by atoms with Gasteiger partial charge in [-0.1, -0.05) is 66.7 Å². The fourth-order valence-electron chi connectivity index (χ4n) is 2.69. The fraction of sp³-hybridized carbons (Fsp3) is 0.182. The summed E-state index contributed by atoms with van der Waals surface area (Å²) in [4.78, 5) is 17.2. The van der Waals surface area contributed by atoms with Crippen molar-refractivity contribution in [2.24, 2.45) is 0 Å². The number of thiazole rings is 1. The van der Waals surface area contributed by atoms with Gasteiger partial charge in [0.25, 0.3) is 0 Å². The Morgan fingerprint density at radius 3 is 2.61 bits per heavy atom.